The smallest absolute Gasteiger partial charge is 0.332 e. The molecule has 1 aliphatic rings. The Morgan fingerprint density at radius 2 is 1.87 bits per heavy atom. The molecule has 0 saturated heterocycles. The zero-order valence-corrected chi connectivity index (χ0v) is 18.2. The lowest BCUT2D eigenvalue weighted by atomic mass is 9.93. The molecule has 2 aromatic heterocycles. The van der Waals surface area contributed by atoms with Gasteiger partial charge in [0.1, 0.15) is 0 Å². The lowest BCUT2D eigenvalue weighted by Gasteiger charge is -2.28. The van der Waals surface area contributed by atoms with Gasteiger partial charge in [-0.05, 0) is 30.5 Å². The maximum atomic E-state index is 13.2. The zero-order chi connectivity index (χ0) is 21.6. The van der Waals surface area contributed by atoms with Crippen molar-refractivity contribution >= 4 is 40.3 Å². The Labute approximate surface area is 182 Å². The van der Waals surface area contributed by atoms with E-state index in [9.17, 15) is 14.7 Å². The summed E-state index contributed by atoms with van der Waals surface area (Å²) in [5.74, 6) is 0.454. The molecule has 10 heteroatoms. The minimum absolute atomic E-state index is 0.0631. The molecule has 160 valence electrons. The van der Waals surface area contributed by atoms with Crippen molar-refractivity contribution in [3.63, 3.8) is 0 Å². The Bertz CT molecular complexity index is 1230. The monoisotopic (exact) mass is 451 g/mol. The van der Waals surface area contributed by atoms with Gasteiger partial charge < -0.3 is 15.0 Å². The molecule has 0 radical (unpaired) electrons. The molecule has 4 rings (SSSR count). The van der Waals surface area contributed by atoms with Crippen molar-refractivity contribution in [2.75, 3.05) is 5.32 Å². The van der Waals surface area contributed by atoms with Crippen molar-refractivity contribution in [2.45, 2.75) is 44.4 Å². The van der Waals surface area contributed by atoms with Gasteiger partial charge in [-0.1, -0.05) is 42.1 Å². The number of anilines is 1. The number of halogens is 2. The number of benzene rings is 1. The normalized spacial score (nSPS) is 19.4. The van der Waals surface area contributed by atoms with E-state index in [0.717, 1.165) is 30.3 Å². The molecule has 1 fully saturated rings. The summed E-state index contributed by atoms with van der Waals surface area (Å²) in [4.78, 5) is 30.6. The van der Waals surface area contributed by atoms with Crippen LogP contribution in [0.4, 0.5) is 5.95 Å². The minimum atomic E-state index is -0.471. The topological polar surface area (TPSA) is 94.1 Å². The van der Waals surface area contributed by atoms with Crippen LogP contribution in [0.5, 0.6) is 0 Å². The molecule has 1 saturated carbocycles. The van der Waals surface area contributed by atoms with Crippen LogP contribution in [0.2, 0.25) is 10.0 Å². The molecule has 0 unspecified atom stereocenters. The van der Waals surface area contributed by atoms with E-state index >= 15 is 0 Å². The first-order chi connectivity index (χ1) is 14.3. The summed E-state index contributed by atoms with van der Waals surface area (Å²) in [6, 6.07) is 4.87. The SMILES string of the molecule is Cn1c(N[C@@H]2CCCC[C@@H]2O)nc2c1c(=O)n(Cc1ccc(Cl)c(Cl)c1)c(=O)n2C. The van der Waals surface area contributed by atoms with Gasteiger partial charge in [-0.25, -0.2) is 4.79 Å². The van der Waals surface area contributed by atoms with Gasteiger partial charge in [0.15, 0.2) is 11.2 Å². The number of hydrogen-bond donors (Lipinski definition) is 2. The number of aliphatic hydroxyl groups excluding tert-OH is 1. The third-order valence-electron chi connectivity index (χ3n) is 5.73. The van der Waals surface area contributed by atoms with E-state index in [1.165, 1.54) is 4.57 Å². The number of rotatable bonds is 4. The highest BCUT2D eigenvalue weighted by Crippen LogP contribution is 2.24. The van der Waals surface area contributed by atoms with E-state index in [0.29, 0.717) is 32.7 Å². The van der Waals surface area contributed by atoms with Gasteiger partial charge in [-0.15, -0.1) is 0 Å². The Morgan fingerprint density at radius 3 is 2.57 bits per heavy atom. The van der Waals surface area contributed by atoms with Gasteiger partial charge >= 0.3 is 5.69 Å². The van der Waals surface area contributed by atoms with E-state index in [-0.39, 0.29) is 12.6 Å². The summed E-state index contributed by atoms with van der Waals surface area (Å²) in [6.45, 7) is 0.0631. The average molecular weight is 452 g/mol. The van der Waals surface area contributed by atoms with E-state index in [2.05, 4.69) is 10.3 Å². The lowest BCUT2D eigenvalue weighted by molar-refractivity contribution is 0.116. The summed E-state index contributed by atoms with van der Waals surface area (Å²) < 4.78 is 4.16. The van der Waals surface area contributed by atoms with Crippen molar-refractivity contribution in [3.05, 3.63) is 54.6 Å². The first-order valence-corrected chi connectivity index (χ1v) is 10.6. The van der Waals surface area contributed by atoms with Crippen LogP contribution in [0, 0.1) is 0 Å². The predicted molar refractivity (Wildman–Crippen MR) is 118 cm³/mol. The third kappa shape index (κ3) is 3.64. The molecule has 3 aromatic rings. The first-order valence-electron chi connectivity index (χ1n) is 9.82. The standard InChI is InChI=1S/C20H23Cl2N5O3/c1-25-16-17(24-19(25)23-14-5-3-4-6-15(14)28)26(2)20(30)27(18(16)29)10-11-7-8-12(21)13(22)9-11/h7-9,14-15,28H,3-6,10H2,1-2H3,(H,23,24)/t14-,15+/m1/s1. The third-order valence-corrected chi connectivity index (χ3v) is 6.47. The van der Waals surface area contributed by atoms with Gasteiger partial charge in [-0.2, -0.15) is 4.98 Å². The van der Waals surface area contributed by atoms with Crippen LogP contribution in [-0.4, -0.2) is 35.9 Å². The predicted octanol–water partition coefficient (Wildman–Crippen LogP) is 2.50. The second kappa shape index (κ2) is 8.09. The lowest BCUT2D eigenvalue weighted by Crippen LogP contribution is -2.39. The zero-order valence-electron chi connectivity index (χ0n) is 16.7. The van der Waals surface area contributed by atoms with Gasteiger partial charge in [0.2, 0.25) is 5.95 Å². The van der Waals surface area contributed by atoms with Crippen LogP contribution < -0.4 is 16.6 Å². The van der Waals surface area contributed by atoms with Crippen molar-refractivity contribution in [1.82, 2.24) is 18.7 Å². The van der Waals surface area contributed by atoms with Gasteiger partial charge in [0.25, 0.3) is 5.56 Å². The molecule has 1 aliphatic carbocycles. The van der Waals surface area contributed by atoms with Crippen molar-refractivity contribution in [3.8, 4) is 0 Å². The first kappa shape index (κ1) is 21.0. The molecule has 0 aliphatic heterocycles. The molecule has 2 heterocycles. The van der Waals surface area contributed by atoms with E-state index in [1.54, 1.807) is 36.9 Å². The van der Waals surface area contributed by atoms with Crippen LogP contribution in [0.25, 0.3) is 11.2 Å². The largest absolute Gasteiger partial charge is 0.391 e. The summed E-state index contributed by atoms with van der Waals surface area (Å²) in [7, 11) is 3.31. The molecule has 30 heavy (non-hydrogen) atoms. The summed E-state index contributed by atoms with van der Waals surface area (Å²) in [5.41, 5.74) is 0.386. The van der Waals surface area contributed by atoms with E-state index in [4.69, 9.17) is 23.2 Å². The second-order valence-electron chi connectivity index (χ2n) is 7.75. The molecule has 2 atom stereocenters. The molecule has 8 nitrogen and oxygen atoms in total. The number of nitrogens with one attached hydrogen (secondary N) is 1. The fourth-order valence-corrected chi connectivity index (χ4v) is 4.30. The van der Waals surface area contributed by atoms with Gasteiger partial charge in [0.05, 0.1) is 28.7 Å². The molecule has 0 amide bonds. The Kier molecular flexibility index (Phi) is 5.65. The minimum Gasteiger partial charge on any atom is -0.391 e. The maximum absolute atomic E-state index is 13.2. The molecule has 0 spiro atoms. The highest BCUT2D eigenvalue weighted by Gasteiger charge is 2.26. The Hall–Kier alpha value is -2.29. The maximum Gasteiger partial charge on any atom is 0.332 e. The van der Waals surface area contributed by atoms with Gasteiger partial charge in [-0.3, -0.25) is 13.9 Å². The number of hydrogen-bond acceptors (Lipinski definition) is 5. The van der Waals surface area contributed by atoms with Crippen LogP contribution >= 0.6 is 23.2 Å². The van der Waals surface area contributed by atoms with Crippen LogP contribution in [0.15, 0.2) is 27.8 Å². The van der Waals surface area contributed by atoms with Crippen LogP contribution in [-0.2, 0) is 20.6 Å². The summed E-state index contributed by atoms with van der Waals surface area (Å²) >= 11 is 12.0. The van der Waals surface area contributed by atoms with E-state index in [1.807, 2.05) is 0 Å². The highest BCUT2D eigenvalue weighted by atomic mass is 35.5. The average Bonchev–Trinajstić information content (AvgIpc) is 3.04. The Balaban J connectivity index is 1.78. The number of aliphatic hydroxyl groups is 1. The second-order valence-corrected chi connectivity index (χ2v) is 8.57. The fraction of sp³-hybridized carbons (Fsp3) is 0.450. The molecule has 1 aromatic carbocycles. The van der Waals surface area contributed by atoms with Crippen molar-refractivity contribution < 1.29 is 5.11 Å². The number of aryl methyl sites for hydroxylation is 2. The van der Waals surface area contributed by atoms with E-state index < -0.39 is 17.4 Å². The Morgan fingerprint density at radius 1 is 1.13 bits per heavy atom. The number of aromatic nitrogens is 4. The van der Waals surface area contributed by atoms with Crippen LogP contribution in [0.3, 0.4) is 0 Å². The number of imidazole rings is 1. The van der Waals surface area contributed by atoms with Crippen molar-refractivity contribution in [1.29, 1.82) is 0 Å². The molecule has 0 bridgehead atoms. The number of fused-ring (bicyclic) bond motifs is 1. The van der Waals surface area contributed by atoms with Crippen molar-refractivity contribution in [2.24, 2.45) is 14.1 Å². The molecule has 2 N–H and O–H groups in total. The highest BCUT2D eigenvalue weighted by molar-refractivity contribution is 6.42. The van der Waals surface area contributed by atoms with Gasteiger partial charge in [0, 0.05) is 14.1 Å². The van der Waals surface area contributed by atoms with Crippen LogP contribution in [0.1, 0.15) is 31.2 Å². The molecular weight excluding hydrogens is 429 g/mol. The fourth-order valence-electron chi connectivity index (χ4n) is 3.98. The number of nitrogens with zero attached hydrogens (tertiary/aromatic N) is 4. The molecular formula is C20H23Cl2N5O3. The summed E-state index contributed by atoms with van der Waals surface area (Å²) in [6.07, 6.45) is 3.11. The quantitative estimate of drug-likeness (QED) is 0.635. The summed E-state index contributed by atoms with van der Waals surface area (Å²) in [5, 5.41) is 14.3.